The molecule has 0 amide bonds. The molecule has 4 rings (SSSR count). The summed E-state index contributed by atoms with van der Waals surface area (Å²) in [7, 11) is 2.12. The van der Waals surface area contributed by atoms with Gasteiger partial charge in [0.1, 0.15) is 23.2 Å². The number of para-hydroxylation sites is 2. The number of aromatic hydroxyl groups is 1. The Hall–Kier alpha value is -2.08. The van der Waals surface area contributed by atoms with Crippen LogP contribution in [-0.4, -0.2) is 46.2 Å². The van der Waals surface area contributed by atoms with E-state index >= 15 is 0 Å². The SMILES string of the molecule is CN1CCC(O[C@H](c2nc3c(Cl)cccc3[nH]2)c2ccccc2O)CC1. The monoisotopic (exact) mass is 371 g/mol. The average Bonchev–Trinajstić information content (AvgIpc) is 3.07. The number of halogens is 1. The van der Waals surface area contributed by atoms with Crippen molar-refractivity contribution in [3.8, 4) is 5.75 Å². The number of likely N-dealkylation sites (tertiary alicyclic amines) is 1. The number of phenols is 1. The van der Waals surface area contributed by atoms with Gasteiger partial charge in [0.15, 0.2) is 0 Å². The minimum Gasteiger partial charge on any atom is -0.508 e. The van der Waals surface area contributed by atoms with Crippen LogP contribution in [0.25, 0.3) is 11.0 Å². The van der Waals surface area contributed by atoms with Crippen molar-refractivity contribution in [2.45, 2.75) is 25.0 Å². The van der Waals surface area contributed by atoms with Gasteiger partial charge < -0.3 is 19.7 Å². The first-order chi connectivity index (χ1) is 12.6. The van der Waals surface area contributed by atoms with E-state index in [-0.39, 0.29) is 11.9 Å². The van der Waals surface area contributed by atoms with Crippen LogP contribution in [-0.2, 0) is 4.74 Å². The normalized spacial score (nSPS) is 17.6. The number of nitrogens with one attached hydrogen (secondary N) is 1. The van der Waals surface area contributed by atoms with E-state index in [2.05, 4.69) is 21.9 Å². The van der Waals surface area contributed by atoms with Crippen molar-refractivity contribution in [3.63, 3.8) is 0 Å². The molecule has 3 aromatic rings. The molecule has 1 atom stereocenters. The predicted molar refractivity (Wildman–Crippen MR) is 103 cm³/mol. The summed E-state index contributed by atoms with van der Waals surface area (Å²) in [5, 5.41) is 11.0. The van der Waals surface area contributed by atoms with E-state index in [1.807, 2.05) is 30.3 Å². The molecule has 0 bridgehead atoms. The Bertz CT molecular complexity index is 903. The Kier molecular flexibility index (Phi) is 4.85. The number of hydrogen-bond donors (Lipinski definition) is 2. The van der Waals surface area contributed by atoms with Gasteiger partial charge in [-0.15, -0.1) is 0 Å². The third-order valence-electron chi connectivity index (χ3n) is 4.94. The lowest BCUT2D eigenvalue weighted by atomic mass is 10.0. The van der Waals surface area contributed by atoms with E-state index in [1.165, 1.54) is 0 Å². The molecule has 1 aliphatic rings. The lowest BCUT2D eigenvalue weighted by Crippen LogP contribution is -2.35. The zero-order valence-electron chi connectivity index (χ0n) is 14.7. The third kappa shape index (κ3) is 3.43. The number of rotatable bonds is 4. The molecule has 1 saturated heterocycles. The second-order valence-corrected chi connectivity index (χ2v) is 7.24. The minimum atomic E-state index is -0.465. The Morgan fingerprint density at radius 2 is 1.96 bits per heavy atom. The molecule has 1 aromatic heterocycles. The molecule has 0 unspecified atom stereocenters. The van der Waals surface area contributed by atoms with Gasteiger partial charge in [0.05, 0.1) is 16.6 Å². The molecule has 26 heavy (non-hydrogen) atoms. The van der Waals surface area contributed by atoms with Gasteiger partial charge in [-0.1, -0.05) is 35.9 Å². The van der Waals surface area contributed by atoms with Crippen LogP contribution in [0.1, 0.15) is 30.3 Å². The molecule has 0 saturated carbocycles. The van der Waals surface area contributed by atoms with E-state index in [1.54, 1.807) is 12.1 Å². The predicted octanol–water partition coefficient (Wildman–Crippen LogP) is 4.12. The molecule has 2 aromatic carbocycles. The van der Waals surface area contributed by atoms with Crippen LogP contribution in [0, 0.1) is 0 Å². The molecule has 1 aliphatic heterocycles. The first kappa shape index (κ1) is 17.3. The van der Waals surface area contributed by atoms with Crippen molar-refractivity contribution >= 4 is 22.6 Å². The van der Waals surface area contributed by atoms with Crippen LogP contribution in [0.3, 0.4) is 0 Å². The standard InChI is InChI=1S/C20H22ClN3O2/c1-24-11-9-13(10-12-24)26-19(14-5-2-3-8-17(14)25)20-22-16-7-4-6-15(21)18(16)23-20/h2-8,13,19,25H,9-12H2,1H3,(H,22,23)/t19-/m0/s1. The number of phenolic OH excluding ortho intramolecular Hbond substituents is 1. The van der Waals surface area contributed by atoms with Crippen LogP contribution >= 0.6 is 11.6 Å². The van der Waals surface area contributed by atoms with Gasteiger partial charge >= 0.3 is 0 Å². The van der Waals surface area contributed by atoms with Gasteiger partial charge in [-0.2, -0.15) is 0 Å². The number of piperidine rings is 1. The molecule has 2 N–H and O–H groups in total. The van der Waals surface area contributed by atoms with Crippen molar-refractivity contribution in [3.05, 3.63) is 58.9 Å². The topological polar surface area (TPSA) is 61.4 Å². The van der Waals surface area contributed by atoms with E-state index in [0.717, 1.165) is 37.0 Å². The van der Waals surface area contributed by atoms with Gasteiger partial charge in [-0.25, -0.2) is 4.98 Å². The van der Waals surface area contributed by atoms with Gasteiger partial charge in [0.2, 0.25) is 0 Å². The maximum Gasteiger partial charge on any atom is 0.144 e. The zero-order chi connectivity index (χ0) is 18.1. The fourth-order valence-electron chi connectivity index (χ4n) is 3.45. The second kappa shape index (κ2) is 7.27. The van der Waals surface area contributed by atoms with Crippen LogP contribution in [0.4, 0.5) is 0 Å². The molecule has 2 heterocycles. The van der Waals surface area contributed by atoms with Gasteiger partial charge in [0, 0.05) is 18.7 Å². The van der Waals surface area contributed by atoms with Gasteiger partial charge in [-0.3, -0.25) is 0 Å². The van der Waals surface area contributed by atoms with Gasteiger partial charge in [0.25, 0.3) is 0 Å². The molecular weight excluding hydrogens is 350 g/mol. The van der Waals surface area contributed by atoms with Gasteiger partial charge in [-0.05, 0) is 38.1 Å². The van der Waals surface area contributed by atoms with Crippen LogP contribution < -0.4 is 0 Å². The molecule has 5 nitrogen and oxygen atoms in total. The number of hydrogen-bond acceptors (Lipinski definition) is 4. The summed E-state index contributed by atoms with van der Waals surface area (Å²) < 4.78 is 6.44. The quantitative estimate of drug-likeness (QED) is 0.724. The van der Waals surface area contributed by atoms with Crippen molar-refractivity contribution in [2.75, 3.05) is 20.1 Å². The highest BCUT2D eigenvalue weighted by atomic mass is 35.5. The van der Waals surface area contributed by atoms with E-state index < -0.39 is 6.10 Å². The molecule has 136 valence electrons. The number of aromatic nitrogens is 2. The number of aromatic amines is 1. The van der Waals surface area contributed by atoms with E-state index in [9.17, 15) is 5.11 Å². The highest BCUT2D eigenvalue weighted by Gasteiger charge is 2.27. The lowest BCUT2D eigenvalue weighted by Gasteiger charge is -2.31. The van der Waals surface area contributed by atoms with Crippen LogP contribution in [0.5, 0.6) is 5.75 Å². The Labute approximate surface area is 157 Å². The molecule has 1 fully saturated rings. The molecule has 0 aliphatic carbocycles. The zero-order valence-corrected chi connectivity index (χ0v) is 15.4. The average molecular weight is 372 g/mol. The van der Waals surface area contributed by atoms with Crippen molar-refractivity contribution in [1.29, 1.82) is 0 Å². The summed E-state index contributed by atoms with van der Waals surface area (Å²) >= 11 is 6.28. The molecule has 6 heteroatoms. The fourth-order valence-corrected chi connectivity index (χ4v) is 3.66. The summed E-state index contributed by atoms with van der Waals surface area (Å²) in [5.41, 5.74) is 2.29. The highest BCUT2D eigenvalue weighted by molar-refractivity contribution is 6.34. The molecule has 0 radical (unpaired) electrons. The summed E-state index contributed by atoms with van der Waals surface area (Å²) in [6, 6.07) is 12.9. The Balaban J connectivity index is 1.72. The lowest BCUT2D eigenvalue weighted by molar-refractivity contribution is -0.0271. The smallest absolute Gasteiger partial charge is 0.144 e. The number of nitrogens with zero attached hydrogens (tertiary/aromatic N) is 2. The molecule has 0 spiro atoms. The summed E-state index contributed by atoms with van der Waals surface area (Å²) in [6.07, 6.45) is 1.58. The first-order valence-electron chi connectivity index (χ1n) is 8.88. The summed E-state index contributed by atoms with van der Waals surface area (Å²) in [4.78, 5) is 10.3. The fraction of sp³-hybridized carbons (Fsp3) is 0.350. The van der Waals surface area contributed by atoms with Crippen molar-refractivity contribution in [1.82, 2.24) is 14.9 Å². The molecular formula is C20H22ClN3O2. The largest absolute Gasteiger partial charge is 0.508 e. The highest BCUT2D eigenvalue weighted by Crippen LogP contribution is 2.35. The van der Waals surface area contributed by atoms with Crippen molar-refractivity contribution < 1.29 is 9.84 Å². The summed E-state index contributed by atoms with van der Waals surface area (Å²) in [5.74, 6) is 0.866. The van der Waals surface area contributed by atoms with E-state index in [0.29, 0.717) is 16.4 Å². The number of ether oxygens (including phenoxy) is 1. The minimum absolute atomic E-state index is 0.125. The maximum absolute atomic E-state index is 10.4. The Morgan fingerprint density at radius 3 is 2.69 bits per heavy atom. The number of benzene rings is 2. The van der Waals surface area contributed by atoms with E-state index in [4.69, 9.17) is 16.3 Å². The van der Waals surface area contributed by atoms with Crippen LogP contribution in [0.15, 0.2) is 42.5 Å². The first-order valence-corrected chi connectivity index (χ1v) is 9.25. The number of imidazole rings is 1. The number of H-pyrrole nitrogens is 1. The third-order valence-corrected chi connectivity index (χ3v) is 5.25. The summed E-state index contributed by atoms with van der Waals surface area (Å²) in [6.45, 7) is 2.01. The van der Waals surface area contributed by atoms with Crippen molar-refractivity contribution in [2.24, 2.45) is 0 Å². The second-order valence-electron chi connectivity index (χ2n) is 6.84. The number of fused-ring (bicyclic) bond motifs is 1. The Morgan fingerprint density at radius 1 is 1.19 bits per heavy atom. The maximum atomic E-state index is 10.4. The van der Waals surface area contributed by atoms with Crippen LogP contribution in [0.2, 0.25) is 5.02 Å².